The van der Waals surface area contributed by atoms with Crippen LogP contribution in [0.1, 0.15) is 0 Å². The topological polar surface area (TPSA) is 191 Å². The predicted molar refractivity (Wildman–Crippen MR) is 169 cm³/mol. The quantitative estimate of drug-likeness (QED) is 0.129. The minimum absolute atomic E-state index is 0.103. The molecule has 0 atom stereocenters. The highest BCUT2D eigenvalue weighted by Crippen LogP contribution is 2.40. The number of rotatable bonds is 9. The Morgan fingerprint density at radius 2 is 0.851 bits per heavy atom. The Balaban J connectivity index is 1.48. The molecule has 0 unspecified atom stereocenters. The van der Waals surface area contributed by atoms with Crippen molar-refractivity contribution in [3.8, 4) is 34.5 Å². The Hall–Kier alpha value is -5.51. The van der Waals surface area contributed by atoms with Gasteiger partial charge in [0.1, 0.15) is 43.4 Å². The van der Waals surface area contributed by atoms with Crippen molar-refractivity contribution in [2.24, 2.45) is 0 Å². The lowest BCUT2D eigenvalue weighted by Crippen LogP contribution is -2.11. The smallest absolute Gasteiger partial charge is 0.339 e. The van der Waals surface area contributed by atoms with Crippen molar-refractivity contribution in [2.45, 2.75) is 14.7 Å². The van der Waals surface area contributed by atoms with E-state index < -0.39 is 30.4 Å². The number of aromatic hydroxyl groups is 3. The van der Waals surface area contributed by atoms with Crippen LogP contribution in [0.25, 0.3) is 21.5 Å². The highest BCUT2D eigenvalue weighted by Gasteiger charge is 2.24. The monoisotopic (exact) mass is 694 g/mol. The Morgan fingerprint density at radius 3 is 1.34 bits per heavy atom. The van der Waals surface area contributed by atoms with Gasteiger partial charge >= 0.3 is 30.4 Å². The van der Waals surface area contributed by atoms with Crippen LogP contribution in [0.5, 0.6) is 34.5 Å². The summed E-state index contributed by atoms with van der Waals surface area (Å²) >= 11 is 0. The average molecular weight is 695 g/mol. The van der Waals surface area contributed by atoms with E-state index in [4.69, 9.17) is 12.5 Å². The standard InChI is InChI=1S/C32H22O12S3/c33-22-4-1-7-27(16-22)45(36,37)42-25-12-13-30-21(15-25)14-20-10-11-26(43-46(38,39)28-8-2-5-23(34)17-28)19-31(20)32(30)44-47(40,41)29-9-3-6-24(35)18-29/h1-19,33-35H. The molecule has 0 fully saturated rings. The van der Waals surface area contributed by atoms with Crippen LogP contribution in [-0.2, 0) is 30.4 Å². The van der Waals surface area contributed by atoms with Gasteiger partial charge in [-0.1, -0.05) is 24.3 Å². The van der Waals surface area contributed by atoms with Crippen molar-refractivity contribution in [2.75, 3.05) is 0 Å². The fraction of sp³-hybridized carbons (Fsp3) is 0. The Morgan fingerprint density at radius 1 is 0.404 bits per heavy atom. The first-order valence-corrected chi connectivity index (χ1v) is 17.6. The molecule has 0 aromatic heterocycles. The molecule has 0 saturated heterocycles. The van der Waals surface area contributed by atoms with Gasteiger partial charge in [-0.15, -0.1) is 0 Å². The summed E-state index contributed by atoms with van der Waals surface area (Å²) in [4.78, 5) is -1.00. The lowest BCUT2D eigenvalue weighted by atomic mass is 10.0. The van der Waals surface area contributed by atoms with Gasteiger partial charge < -0.3 is 27.9 Å². The first-order valence-electron chi connectivity index (χ1n) is 13.4. The van der Waals surface area contributed by atoms with Crippen molar-refractivity contribution in [3.05, 3.63) is 115 Å². The second-order valence-electron chi connectivity index (χ2n) is 10.1. The fourth-order valence-corrected chi connectivity index (χ4v) is 7.59. The van der Waals surface area contributed by atoms with E-state index >= 15 is 0 Å². The Labute approximate surface area is 268 Å². The Bertz CT molecular complexity index is 2530. The van der Waals surface area contributed by atoms with Gasteiger partial charge in [-0.2, -0.15) is 25.3 Å². The fourth-order valence-electron chi connectivity index (χ4n) is 4.66. The van der Waals surface area contributed by atoms with Crippen molar-refractivity contribution in [1.82, 2.24) is 0 Å². The first-order chi connectivity index (χ1) is 22.2. The molecule has 0 heterocycles. The molecule has 0 bridgehead atoms. The second kappa shape index (κ2) is 11.7. The van der Waals surface area contributed by atoms with E-state index in [1.807, 2.05) is 0 Å². The maximum absolute atomic E-state index is 13.4. The number of hydrogen-bond donors (Lipinski definition) is 3. The van der Waals surface area contributed by atoms with Crippen LogP contribution in [0.2, 0.25) is 0 Å². The summed E-state index contributed by atoms with van der Waals surface area (Å²) in [6.45, 7) is 0. The third-order valence-corrected chi connectivity index (χ3v) is 10.5. The van der Waals surface area contributed by atoms with Gasteiger partial charge in [0, 0.05) is 29.0 Å². The van der Waals surface area contributed by atoms with E-state index in [-0.39, 0.29) is 65.3 Å². The highest BCUT2D eigenvalue weighted by molar-refractivity contribution is 7.87. The van der Waals surface area contributed by atoms with E-state index in [1.165, 1.54) is 91.0 Å². The SMILES string of the molecule is O=S(=O)(Oc1ccc2c(OS(=O)(=O)c3cccc(O)c3)c3cc(OS(=O)(=O)c4cccc(O)c4)ccc3cc2c1)c1cccc(O)c1. The summed E-state index contributed by atoms with van der Waals surface area (Å²) in [5.74, 6) is -1.53. The molecule has 0 aliphatic carbocycles. The van der Waals surface area contributed by atoms with Crippen molar-refractivity contribution >= 4 is 51.9 Å². The number of phenolic OH excluding ortho intramolecular Hbond substituents is 3. The molecule has 0 aliphatic rings. The zero-order valence-electron chi connectivity index (χ0n) is 23.7. The maximum atomic E-state index is 13.4. The van der Waals surface area contributed by atoms with E-state index in [0.29, 0.717) is 5.39 Å². The second-order valence-corrected chi connectivity index (χ2v) is 14.7. The molecule has 240 valence electrons. The summed E-state index contributed by atoms with van der Waals surface area (Å²) in [7, 11) is -13.4. The molecule has 6 aromatic rings. The van der Waals surface area contributed by atoms with Crippen LogP contribution in [0.3, 0.4) is 0 Å². The number of benzene rings is 6. The molecular formula is C32H22O12S3. The molecular weight excluding hydrogens is 673 g/mol. The zero-order valence-corrected chi connectivity index (χ0v) is 26.2. The lowest BCUT2D eigenvalue weighted by Gasteiger charge is -2.15. The van der Waals surface area contributed by atoms with Gasteiger partial charge in [-0.05, 0) is 83.6 Å². The van der Waals surface area contributed by atoms with Crippen molar-refractivity contribution in [1.29, 1.82) is 0 Å². The molecule has 3 N–H and O–H groups in total. The molecule has 0 saturated carbocycles. The maximum Gasteiger partial charge on any atom is 0.339 e. The van der Waals surface area contributed by atoms with Crippen LogP contribution in [0, 0.1) is 0 Å². The summed E-state index contributed by atoms with van der Waals surface area (Å²) in [6.07, 6.45) is 0. The van der Waals surface area contributed by atoms with Gasteiger partial charge in [0.2, 0.25) is 0 Å². The number of hydrogen-bond acceptors (Lipinski definition) is 12. The summed E-state index contributed by atoms with van der Waals surface area (Å²) in [6, 6.07) is 24.0. The summed E-state index contributed by atoms with van der Waals surface area (Å²) < 4.78 is 94.6. The third kappa shape index (κ3) is 6.58. The largest absolute Gasteiger partial charge is 0.508 e. The van der Waals surface area contributed by atoms with Crippen LogP contribution in [-0.4, -0.2) is 40.6 Å². The molecule has 15 heteroatoms. The molecule has 0 radical (unpaired) electrons. The minimum Gasteiger partial charge on any atom is -0.508 e. The molecule has 6 rings (SSSR count). The van der Waals surface area contributed by atoms with Gasteiger partial charge in [-0.3, -0.25) is 0 Å². The average Bonchev–Trinajstić information content (AvgIpc) is 3.01. The normalized spacial score (nSPS) is 12.2. The highest BCUT2D eigenvalue weighted by atomic mass is 32.2. The van der Waals surface area contributed by atoms with E-state index in [9.17, 15) is 40.6 Å². The number of fused-ring (bicyclic) bond motifs is 2. The van der Waals surface area contributed by atoms with E-state index in [0.717, 1.165) is 18.2 Å². The molecule has 0 spiro atoms. The van der Waals surface area contributed by atoms with Gasteiger partial charge in [0.05, 0.1) is 0 Å². The molecule has 47 heavy (non-hydrogen) atoms. The summed E-state index contributed by atoms with van der Waals surface area (Å²) in [5.41, 5.74) is 0. The molecule has 6 aromatic carbocycles. The van der Waals surface area contributed by atoms with Crippen LogP contribution in [0.15, 0.2) is 130 Å². The molecule has 0 aliphatic heterocycles. The van der Waals surface area contributed by atoms with Gasteiger partial charge in [-0.25, -0.2) is 0 Å². The third-order valence-electron chi connectivity index (χ3n) is 6.77. The zero-order chi connectivity index (χ0) is 33.6. The van der Waals surface area contributed by atoms with Crippen molar-refractivity contribution < 1.29 is 53.1 Å². The molecule has 12 nitrogen and oxygen atoms in total. The van der Waals surface area contributed by atoms with Crippen molar-refractivity contribution in [3.63, 3.8) is 0 Å². The molecule has 0 amide bonds. The minimum atomic E-state index is -4.59. The van der Waals surface area contributed by atoms with Crippen LogP contribution in [0.4, 0.5) is 0 Å². The van der Waals surface area contributed by atoms with E-state index in [1.54, 1.807) is 6.07 Å². The first kappa shape index (κ1) is 31.5. The number of phenols is 3. The van der Waals surface area contributed by atoms with Crippen LogP contribution < -0.4 is 12.5 Å². The van der Waals surface area contributed by atoms with Crippen LogP contribution >= 0.6 is 0 Å². The van der Waals surface area contributed by atoms with Gasteiger partial charge in [0.25, 0.3) is 0 Å². The lowest BCUT2D eigenvalue weighted by molar-refractivity contribution is 0.467. The summed E-state index contributed by atoms with van der Waals surface area (Å²) in [5, 5.41) is 30.2. The Kier molecular flexibility index (Phi) is 7.83. The van der Waals surface area contributed by atoms with Gasteiger partial charge in [0.15, 0.2) is 5.75 Å². The predicted octanol–water partition coefficient (Wildman–Crippen LogP) is 5.41. The van der Waals surface area contributed by atoms with E-state index in [2.05, 4.69) is 0 Å².